The second-order valence-electron chi connectivity index (χ2n) is 9.60. The maximum atomic E-state index is 13.5. The lowest BCUT2D eigenvalue weighted by molar-refractivity contribution is -0.132. The number of halogens is 1. The van der Waals surface area contributed by atoms with E-state index in [1.165, 1.54) is 16.2 Å². The number of thiazole rings is 1. The first-order valence-corrected chi connectivity index (χ1v) is 13.6. The minimum Gasteiger partial charge on any atom is -0.507 e. The van der Waals surface area contributed by atoms with Crippen molar-refractivity contribution in [3.8, 4) is 5.75 Å². The van der Waals surface area contributed by atoms with Crippen molar-refractivity contribution < 1.29 is 19.4 Å². The molecule has 186 valence electrons. The molecule has 0 bridgehead atoms. The SMILES string of the molecule is Cc1cc(C)c2nc(N3C(=O)C(=O)/C(=C(/O)c4ccc5c(c4)C[C@@H](C)O5)[C@@H]3c3ccc(Br)cc3)sc2c1. The van der Waals surface area contributed by atoms with Gasteiger partial charge in [0.1, 0.15) is 17.6 Å². The van der Waals surface area contributed by atoms with Crippen LogP contribution in [0.4, 0.5) is 5.13 Å². The normalized spacial score (nSPS) is 20.5. The number of fused-ring (bicyclic) bond motifs is 2. The molecule has 2 aliphatic rings. The van der Waals surface area contributed by atoms with Crippen molar-refractivity contribution in [2.45, 2.75) is 39.3 Å². The lowest BCUT2D eigenvalue weighted by Crippen LogP contribution is -2.29. The number of ketones is 1. The summed E-state index contributed by atoms with van der Waals surface area (Å²) in [5.41, 5.74) is 5.09. The number of anilines is 1. The predicted molar refractivity (Wildman–Crippen MR) is 148 cm³/mol. The molecule has 1 N–H and O–H groups in total. The zero-order valence-corrected chi connectivity index (χ0v) is 22.8. The third-order valence-electron chi connectivity index (χ3n) is 6.82. The van der Waals surface area contributed by atoms with E-state index >= 15 is 0 Å². The Hall–Kier alpha value is -3.49. The van der Waals surface area contributed by atoms with E-state index in [1.807, 2.05) is 63.2 Å². The summed E-state index contributed by atoms with van der Waals surface area (Å²) in [6, 6.07) is 16.0. The number of aliphatic hydroxyl groups excluding tert-OH is 1. The zero-order chi connectivity index (χ0) is 26.0. The first-order chi connectivity index (χ1) is 17.7. The Labute approximate surface area is 226 Å². The molecule has 1 amide bonds. The zero-order valence-electron chi connectivity index (χ0n) is 20.4. The molecule has 0 unspecified atom stereocenters. The smallest absolute Gasteiger partial charge is 0.301 e. The van der Waals surface area contributed by atoms with Gasteiger partial charge in [-0.1, -0.05) is 45.5 Å². The van der Waals surface area contributed by atoms with Crippen molar-refractivity contribution in [2.24, 2.45) is 0 Å². The van der Waals surface area contributed by atoms with Gasteiger partial charge >= 0.3 is 5.91 Å². The maximum Gasteiger partial charge on any atom is 0.301 e. The van der Waals surface area contributed by atoms with Crippen LogP contribution in [0.15, 0.2) is 64.6 Å². The average molecular weight is 575 g/mol. The fourth-order valence-corrected chi connectivity index (χ4v) is 6.61. The second-order valence-corrected chi connectivity index (χ2v) is 11.5. The van der Waals surface area contributed by atoms with Crippen LogP contribution in [0.1, 0.15) is 40.8 Å². The Bertz CT molecular complexity index is 1640. The van der Waals surface area contributed by atoms with Gasteiger partial charge in [0.05, 0.1) is 21.8 Å². The number of aliphatic hydroxyl groups is 1. The van der Waals surface area contributed by atoms with E-state index in [0.717, 1.165) is 37.1 Å². The molecule has 1 aromatic heterocycles. The van der Waals surface area contributed by atoms with Gasteiger partial charge in [0, 0.05) is 16.5 Å². The molecular weight excluding hydrogens is 552 g/mol. The molecule has 0 spiro atoms. The van der Waals surface area contributed by atoms with Crippen molar-refractivity contribution in [1.82, 2.24) is 4.98 Å². The van der Waals surface area contributed by atoms with Crippen LogP contribution in [-0.4, -0.2) is 27.9 Å². The lowest BCUT2D eigenvalue weighted by Gasteiger charge is -2.23. The van der Waals surface area contributed by atoms with Gasteiger partial charge in [-0.3, -0.25) is 14.5 Å². The first-order valence-electron chi connectivity index (χ1n) is 12.0. The molecule has 0 aliphatic carbocycles. The Morgan fingerprint density at radius 2 is 1.86 bits per heavy atom. The number of carbonyl (C=O) groups is 2. The largest absolute Gasteiger partial charge is 0.507 e. The number of amides is 1. The van der Waals surface area contributed by atoms with Crippen LogP contribution >= 0.6 is 27.3 Å². The predicted octanol–water partition coefficient (Wildman–Crippen LogP) is 6.63. The van der Waals surface area contributed by atoms with Gasteiger partial charge < -0.3 is 9.84 Å². The fraction of sp³-hybridized carbons (Fsp3) is 0.207. The van der Waals surface area contributed by atoms with Crippen LogP contribution < -0.4 is 9.64 Å². The number of ether oxygens (including phenoxy) is 1. The summed E-state index contributed by atoms with van der Waals surface area (Å²) in [6.07, 6.45) is 0.762. The van der Waals surface area contributed by atoms with Gasteiger partial charge in [0.2, 0.25) is 0 Å². The molecule has 2 atom stereocenters. The average Bonchev–Trinajstić information content (AvgIpc) is 3.52. The van der Waals surface area contributed by atoms with E-state index in [1.54, 1.807) is 12.1 Å². The number of benzene rings is 3. The highest BCUT2D eigenvalue weighted by Gasteiger charge is 2.48. The Morgan fingerprint density at radius 3 is 2.62 bits per heavy atom. The van der Waals surface area contributed by atoms with Crippen molar-refractivity contribution in [2.75, 3.05) is 4.90 Å². The lowest BCUT2D eigenvalue weighted by atomic mass is 9.94. The molecule has 4 aromatic rings. The van der Waals surface area contributed by atoms with Gasteiger partial charge in [-0.15, -0.1) is 0 Å². The summed E-state index contributed by atoms with van der Waals surface area (Å²) in [7, 11) is 0. The van der Waals surface area contributed by atoms with Crippen LogP contribution in [0.2, 0.25) is 0 Å². The van der Waals surface area contributed by atoms with E-state index < -0.39 is 17.7 Å². The number of aryl methyl sites for hydroxylation is 2. The third-order valence-corrected chi connectivity index (χ3v) is 8.35. The quantitative estimate of drug-likeness (QED) is 0.169. The minimum atomic E-state index is -0.821. The minimum absolute atomic E-state index is 0.0476. The number of aromatic nitrogens is 1. The highest BCUT2D eigenvalue weighted by molar-refractivity contribution is 9.10. The number of hydrogen-bond acceptors (Lipinski definition) is 6. The molecule has 0 saturated carbocycles. The van der Waals surface area contributed by atoms with Crippen molar-refractivity contribution >= 4 is 60.1 Å². The van der Waals surface area contributed by atoms with E-state index in [-0.39, 0.29) is 17.4 Å². The second kappa shape index (κ2) is 8.82. The third kappa shape index (κ3) is 3.95. The maximum absolute atomic E-state index is 13.5. The molecular formula is C29H23BrN2O4S. The number of carbonyl (C=O) groups excluding carboxylic acids is 2. The van der Waals surface area contributed by atoms with Crippen LogP contribution in [0.3, 0.4) is 0 Å². The van der Waals surface area contributed by atoms with Gasteiger partial charge in [-0.2, -0.15) is 0 Å². The summed E-state index contributed by atoms with van der Waals surface area (Å²) in [5, 5.41) is 11.9. The molecule has 3 aromatic carbocycles. The Kier molecular flexibility index (Phi) is 5.69. The van der Waals surface area contributed by atoms with Crippen LogP contribution in [0.25, 0.3) is 16.0 Å². The summed E-state index contributed by atoms with van der Waals surface area (Å²) in [6.45, 7) is 5.99. The molecule has 37 heavy (non-hydrogen) atoms. The molecule has 3 heterocycles. The van der Waals surface area contributed by atoms with Gasteiger partial charge in [-0.05, 0) is 79.4 Å². The van der Waals surface area contributed by atoms with Gasteiger partial charge in [0.25, 0.3) is 5.78 Å². The van der Waals surface area contributed by atoms with E-state index in [9.17, 15) is 14.7 Å². The van der Waals surface area contributed by atoms with E-state index in [0.29, 0.717) is 22.7 Å². The topological polar surface area (TPSA) is 79.7 Å². The molecule has 1 saturated heterocycles. The summed E-state index contributed by atoms with van der Waals surface area (Å²) in [5.74, 6) is -0.873. The molecule has 2 aliphatic heterocycles. The van der Waals surface area contributed by atoms with Crippen molar-refractivity contribution in [3.63, 3.8) is 0 Å². The van der Waals surface area contributed by atoms with E-state index in [2.05, 4.69) is 15.9 Å². The molecule has 8 heteroatoms. The molecule has 6 rings (SSSR count). The molecule has 6 nitrogen and oxygen atoms in total. The number of nitrogens with zero attached hydrogens (tertiary/aromatic N) is 2. The first kappa shape index (κ1) is 23.9. The number of Topliss-reactive ketones (excluding diaryl/α,β-unsaturated/α-hetero) is 1. The number of hydrogen-bond donors (Lipinski definition) is 1. The Balaban J connectivity index is 1.54. The van der Waals surface area contributed by atoms with Crippen LogP contribution in [-0.2, 0) is 16.0 Å². The number of rotatable bonds is 3. The highest BCUT2D eigenvalue weighted by Crippen LogP contribution is 2.45. The summed E-state index contributed by atoms with van der Waals surface area (Å²) in [4.78, 5) is 33.2. The fourth-order valence-electron chi connectivity index (χ4n) is 5.18. The van der Waals surface area contributed by atoms with E-state index in [4.69, 9.17) is 9.72 Å². The van der Waals surface area contributed by atoms with Gasteiger partial charge in [-0.25, -0.2) is 4.98 Å². The van der Waals surface area contributed by atoms with Crippen LogP contribution in [0.5, 0.6) is 5.75 Å². The van der Waals surface area contributed by atoms with Gasteiger partial charge in [0.15, 0.2) is 5.13 Å². The highest BCUT2D eigenvalue weighted by atomic mass is 79.9. The Morgan fingerprint density at radius 1 is 1.11 bits per heavy atom. The molecule has 0 radical (unpaired) electrons. The summed E-state index contributed by atoms with van der Waals surface area (Å²) < 4.78 is 7.60. The van der Waals surface area contributed by atoms with Crippen LogP contribution in [0, 0.1) is 13.8 Å². The molecule has 1 fully saturated rings. The monoisotopic (exact) mass is 574 g/mol. The van der Waals surface area contributed by atoms with Crippen molar-refractivity contribution in [3.05, 3.63) is 92.5 Å². The standard InChI is InChI=1S/C29H23BrN2O4S/c1-14-10-15(2)24-22(11-14)37-29(31-24)32-25(17-4-7-20(30)8-5-17)23(27(34)28(32)35)26(33)18-6-9-21-19(13-18)12-16(3)36-21/h4-11,13,16,25,33H,12H2,1-3H3/b26-23+/t16-,25+/m1/s1. The summed E-state index contributed by atoms with van der Waals surface area (Å²) >= 11 is 4.83. The van der Waals surface area contributed by atoms with Crippen molar-refractivity contribution in [1.29, 1.82) is 0 Å².